The minimum Gasteiger partial charge on any atom is -0.476 e. The van der Waals surface area contributed by atoms with Crippen molar-refractivity contribution >= 4 is 88.6 Å². The number of fused-ring (bicyclic) bond motifs is 2. The van der Waals surface area contributed by atoms with Gasteiger partial charge in [0.25, 0.3) is 29.5 Å². The molecule has 2 saturated heterocycles. The van der Waals surface area contributed by atoms with Crippen molar-refractivity contribution in [1.29, 1.82) is 0 Å². The van der Waals surface area contributed by atoms with Gasteiger partial charge in [-0.3, -0.25) is 62.3 Å². The highest BCUT2D eigenvalue weighted by Gasteiger charge is 2.55. The van der Waals surface area contributed by atoms with E-state index in [0.717, 1.165) is 115 Å². The molecule has 8 aliphatic rings. The number of aromatic nitrogens is 4. The Kier molecular flexibility index (Phi) is 41.6. The van der Waals surface area contributed by atoms with Crippen LogP contribution >= 0.6 is 0 Å². The Morgan fingerprint density at radius 3 is 1.13 bits per heavy atom. The summed E-state index contributed by atoms with van der Waals surface area (Å²) in [6.45, 7) is 25.9. The first-order chi connectivity index (χ1) is 61.9. The maximum Gasteiger partial charge on any atom is 0.407 e. The van der Waals surface area contributed by atoms with E-state index in [1.54, 1.807) is 9.80 Å². The van der Waals surface area contributed by atoms with Gasteiger partial charge < -0.3 is 103 Å². The molecule has 12 amide bonds. The van der Waals surface area contributed by atoms with Crippen molar-refractivity contribution in [3.63, 3.8) is 0 Å². The minimum absolute atomic E-state index is 0.000490. The maximum atomic E-state index is 14.8. The van der Waals surface area contributed by atoms with Crippen molar-refractivity contribution in [2.45, 2.75) is 296 Å². The number of rotatable bonds is 44. The van der Waals surface area contributed by atoms with Crippen molar-refractivity contribution in [2.24, 2.45) is 57.8 Å². The number of nitrogens with one attached hydrogen (secondary N) is 10. The van der Waals surface area contributed by atoms with Gasteiger partial charge in [0.15, 0.2) is 5.69 Å². The molecule has 0 aromatic carbocycles. The van der Waals surface area contributed by atoms with Crippen LogP contribution in [0, 0.1) is 46.3 Å². The summed E-state index contributed by atoms with van der Waals surface area (Å²) in [6.07, 6.45) is 22.2. The molecule has 10 rings (SSSR count). The summed E-state index contributed by atoms with van der Waals surface area (Å²) < 4.78 is 26.1. The number of aromatic carboxylic acids is 1. The first-order valence-corrected chi connectivity index (χ1v) is 46.8. The van der Waals surface area contributed by atoms with Crippen molar-refractivity contribution < 1.29 is 101 Å². The Hall–Kier alpha value is -9.83. The predicted molar refractivity (Wildman–Crippen MR) is 476 cm³/mol. The fraction of sp³-hybridized carbons (Fsp3) is 0.747. The quantitative estimate of drug-likeness (QED) is 0.0331. The zero-order chi connectivity index (χ0) is 95.0. The average Bonchev–Trinajstić information content (AvgIpc) is 1.61. The molecule has 39 heteroatoms. The van der Waals surface area contributed by atoms with Crippen LogP contribution in [0.15, 0.2) is 24.8 Å². The van der Waals surface area contributed by atoms with Crippen molar-refractivity contribution in [2.75, 3.05) is 92.1 Å². The van der Waals surface area contributed by atoms with Crippen LogP contribution in [0.4, 0.5) is 4.79 Å². The summed E-state index contributed by atoms with van der Waals surface area (Å²) >= 11 is 0. The molecule has 6 saturated carbocycles. The number of alkyl carbamates (subject to hydrolysis) is 1. The molecule has 39 nitrogen and oxygen atoms in total. The van der Waals surface area contributed by atoms with Crippen LogP contribution in [0.2, 0.25) is 0 Å². The fourth-order valence-electron chi connectivity index (χ4n) is 17.7. The van der Waals surface area contributed by atoms with Gasteiger partial charge in [-0.05, 0) is 157 Å². The number of nitrogens with zero attached hydrogens (tertiary/aromatic N) is 6. The van der Waals surface area contributed by atoms with Gasteiger partial charge in [-0.1, -0.05) is 120 Å². The van der Waals surface area contributed by atoms with Crippen LogP contribution < -0.4 is 64.6 Å². The topological polar surface area (TPSA) is 553 Å². The van der Waals surface area contributed by atoms with E-state index < -0.39 is 153 Å². The third-order valence-corrected chi connectivity index (χ3v) is 24.7. The highest BCUT2D eigenvalue weighted by molar-refractivity contribution is 6.39. The number of nitrogens with two attached hydrogens (primary N) is 2. The molecule has 2 aromatic heterocycles. The minimum atomic E-state index is -1.29. The van der Waals surface area contributed by atoms with Gasteiger partial charge in [0.2, 0.25) is 47.0 Å². The predicted octanol–water partition coefficient (Wildman–Crippen LogP) is 3.81. The van der Waals surface area contributed by atoms with Gasteiger partial charge in [0.05, 0.1) is 89.7 Å². The number of carbonyl (C=O) groups excluding carboxylic acids is 14. The lowest BCUT2D eigenvalue weighted by Gasteiger charge is -2.38. The van der Waals surface area contributed by atoms with Gasteiger partial charge in [0.1, 0.15) is 58.9 Å². The Bertz CT molecular complexity index is 4120. The number of carboxylic acids is 1. The number of hydrogen-bond donors (Lipinski definition) is 13. The van der Waals surface area contributed by atoms with E-state index in [2.05, 4.69) is 73.1 Å². The summed E-state index contributed by atoms with van der Waals surface area (Å²) in [7, 11) is 0. The number of carboxylic acid groups (broad SMARTS) is 1. The lowest BCUT2D eigenvalue weighted by molar-refractivity contribution is -0.146. The van der Waals surface area contributed by atoms with Crippen LogP contribution in [0.3, 0.4) is 0 Å². The Labute approximate surface area is 762 Å². The summed E-state index contributed by atoms with van der Waals surface area (Å²) in [5, 5.41) is 37.2. The number of carbonyl (C=O) groups is 15. The molecular weight excluding hydrogens is 1680 g/mol. The largest absolute Gasteiger partial charge is 0.476 e. The molecule has 4 heterocycles. The zero-order valence-corrected chi connectivity index (χ0v) is 77.9. The van der Waals surface area contributed by atoms with Gasteiger partial charge in [-0.25, -0.2) is 29.5 Å². The van der Waals surface area contributed by atoms with Crippen LogP contribution in [0.5, 0.6) is 0 Å². The molecule has 130 heavy (non-hydrogen) atoms. The normalized spacial score (nSPS) is 21.1. The molecule has 724 valence electrons. The molecule has 0 unspecified atom stereocenters. The van der Waals surface area contributed by atoms with Crippen molar-refractivity contribution in [3.05, 3.63) is 47.6 Å². The van der Waals surface area contributed by atoms with Gasteiger partial charge in [-0.2, -0.15) is 0 Å². The number of likely N-dealkylation sites (tertiary alicyclic amines) is 2. The second-order valence-electron chi connectivity index (χ2n) is 38.4. The molecule has 6 aliphatic carbocycles. The number of amides is 12. The second-order valence-corrected chi connectivity index (χ2v) is 38.4. The van der Waals surface area contributed by atoms with E-state index in [9.17, 15) is 71.9 Å². The van der Waals surface area contributed by atoms with Crippen LogP contribution in [-0.4, -0.2) is 282 Å². The van der Waals surface area contributed by atoms with E-state index in [1.807, 2.05) is 76.2 Å². The smallest absolute Gasteiger partial charge is 0.407 e. The van der Waals surface area contributed by atoms with E-state index in [4.69, 9.17) is 40.3 Å². The molecule has 0 spiro atoms. The molecule has 8 fully saturated rings. The molecule has 12 atom stereocenters. The molecular formula is C91H144N18O21. The number of ether oxygens (including phenoxy) is 5. The summed E-state index contributed by atoms with van der Waals surface area (Å²) in [6, 6.07) is -7.95. The highest BCUT2D eigenvalue weighted by Crippen LogP contribution is 2.45. The monoisotopic (exact) mass is 1830 g/mol. The molecule has 2 aliphatic heterocycles. The van der Waals surface area contributed by atoms with E-state index in [-0.39, 0.29) is 96.4 Å². The number of Topliss-reactive ketones (excluding diaryl/α,β-unsaturated/α-hetero) is 2. The number of hydrogen-bond acceptors (Lipinski definition) is 26. The SMILES string of the molecule is CC(C)(C)OC(=O)NCCOCCOCCN.CCC[C@H](NC(=O)[C@@H]1[C@H]2CCC[C@H]2CN1C(=O)[C@@H](NC(=O)[C@@H](NC(=O)c1cnc(C(=O)NCCOCCOCCN)cn1)C1CCCCC1)C(C)(C)C)C(=O)C(=O)NC1CC1.CCC[C@H](NC(=O)[C@@H]1[C@H]2CCC[C@H]2CN1C(=O)[C@@H](NC(=O)[C@@H](NC(=O)c1cnc(C(=O)O)cn1)C1CCCCC1)C(C)(C)C)C(=O)C(=O)NC1CC1. The molecule has 0 bridgehead atoms. The van der Waals surface area contributed by atoms with E-state index in [1.165, 1.54) is 12.4 Å². The average molecular weight is 1830 g/mol. The zero-order valence-electron chi connectivity index (χ0n) is 77.9. The summed E-state index contributed by atoms with van der Waals surface area (Å²) in [5.41, 5.74) is 8.00. The molecule has 15 N–H and O–H groups in total. The van der Waals surface area contributed by atoms with Crippen LogP contribution in [0.1, 0.15) is 272 Å². The standard InChI is InChI=1S/C43H67N9O9.C37H53N7O8.C11H24N2O4/c1-5-10-30(35(53)41(58)48-28-15-16-28)49-40(57)34-29-14-9-13-27(29)25-52(34)42(59)36(43(2,3)4)51-39(56)33(26-11-7-6-8-12-26)50-38(55)32-24-46-31(23-47-32)37(54)45-18-20-61-22-21-60-19-17-44;1-5-10-24(29(45)34(49)40-22-15-16-22)41-33(48)28-23-14-9-13-21(23)19-44(28)35(50)30(37(2,3)4)43-32(47)27(20-11-7-6-8-12-20)42-31(46)25-17-39-26(18-38-25)36(51)52;1-11(2,3)17-10(14)13-5-7-16-9-8-15-6-4-12/h23-24,26-30,33-34,36H,5-22,25,44H2,1-4H3,(H,45,54)(H,48,58)(H,49,57)(H,50,55)(H,51,56);17-18,20-24,27-28,30H,5-16,19H2,1-4H3,(H,40,49)(H,41,48)(H,42,46)(H,43,47)(H,51,52);4-9,12H2,1-3H3,(H,13,14)/t27-,29-,30-,33-,34-,36+;21-,23-,24-,27-,28-,30+;/m00./s1. The lowest BCUT2D eigenvalue weighted by Crippen LogP contribution is -2.62. The van der Waals surface area contributed by atoms with Crippen molar-refractivity contribution in [3.8, 4) is 0 Å². The fourth-order valence-corrected chi connectivity index (χ4v) is 17.7. The lowest BCUT2D eigenvalue weighted by atomic mass is 9.82. The van der Waals surface area contributed by atoms with E-state index in [0.29, 0.717) is 117 Å². The van der Waals surface area contributed by atoms with Crippen LogP contribution in [-0.2, 0) is 71.6 Å². The molecule has 2 aromatic rings. The Morgan fingerprint density at radius 1 is 0.431 bits per heavy atom. The Morgan fingerprint density at radius 2 is 0.792 bits per heavy atom. The first kappa shape index (κ1) is 106. The summed E-state index contributed by atoms with van der Waals surface area (Å²) in [4.78, 5) is 219. The van der Waals surface area contributed by atoms with Crippen molar-refractivity contribution in [1.82, 2.24) is 82.9 Å². The molecule has 0 radical (unpaired) electrons. The Balaban J connectivity index is 0.000000274. The van der Waals surface area contributed by atoms with Gasteiger partial charge >= 0.3 is 12.1 Å². The van der Waals surface area contributed by atoms with Crippen LogP contribution in [0.25, 0.3) is 0 Å². The van der Waals surface area contributed by atoms with E-state index >= 15 is 0 Å². The second kappa shape index (κ2) is 51.3. The van der Waals surface area contributed by atoms with Gasteiger partial charge in [0, 0.05) is 51.4 Å². The highest BCUT2D eigenvalue weighted by atomic mass is 16.6. The first-order valence-electron chi connectivity index (χ1n) is 46.8. The summed E-state index contributed by atoms with van der Waals surface area (Å²) in [5.74, 6) is -9.32. The van der Waals surface area contributed by atoms with Gasteiger partial charge in [-0.15, -0.1) is 0 Å². The third kappa shape index (κ3) is 32.6. The maximum absolute atomic E-state index is 14.8. The third-order valence-electron chi connectivity index (χ3n) is 24.7. The number of ketones is 2.